The molecule has 0 aliphatic heterocycles. The minimum Gasteiger partial charge on any atom is -0.483 e. The Morgan fingerprint density at radius 1 is 0.953 bits per heavy atom. The quantitative estimate of drug-likeness (QED) is 0.107. The average molecular weight is 631 g/mol. The van der Waals surface area contributed by atoms with E-state index >= 15 is 0 Å². The van der Waals surface area contributed by atoms with Gasteiger partial charge in [-0.2, -0.15) is 5.10 Å². The summed E-state index contributed by atoms with van der Waals surface area (Å²) < 4.78 is 5.70. The zero-order valence-electron chi connectivity index (χ0n) is 22.8. The van der Waals surface area contributed by atoms with E-state index in [1.54, 1.807) is 48.5 Å². The van der Waals surface area contributed by atoms with Gasteiger partial charge >= 0.3 is 0 Å². The van der Waals surface area contributed by atoms with E-state index in [4.69, 9.17) is 27.9 Å². The Bertz CT molecular complexity index is 1770. The van der Waals surface area contributed by atoms with Gasteiger partial charge in [0.05, 0.1) is 11.9 Å². The highest BCUT2D eigenvalue weighted by molar-refractivity contribution is 7.14. The molecule has 216 valence electrons. The first-order chi connectivity index (χ1) is 20.8. The predicted octanol–water partition coefficient (Wildman–Crippen LogP) is 7.95. The van der Waals surface area contributed by atoms with Gasteiger partial charge in [0.1, 0.15) is 5.75 Å². The number of carbonyl (C=O) groups is 2. The molecular weight excluding hydrogens is 605 g/mol. The Morgan fingerprint density at radius 3 is 2.47 bits per heavy atom. The number of benzene rings is 4. The number of aryl methyl sites for hydroxylation is 1. The highest BCUT2D eigenvalue weighted by Crippen LogP contribution is 2.28. The number of nitrogens with one attached hydrogen (secondary N) is 3. The maximum absolute atomic E-state index is 12.7. The zero-order valence-corrected chi connectivity index (χ0v) is 25.1. The summed E-state index contributed by atoms with van der Waals surface area (Å²) in [4.78, 5) is 29.7. The van der Waals surface area contributed by atoms with Gasteiger partial charge < -0.3 is 15.4 Å². The Hall–Kier alpha value is -4.70. The van der Waals surface area contributed by atoms with Crippen LogP contribution in [-0.2, 0) is 4.79 Å². The molecule has 0 unspecified atom stereocenters. The number of rotatable bonds is 10. The molecular formula is C32H25Cl2N5O3S. The number of para-hydroxylation sites is 1. The van der Waals surface area contributed by atoms with E-state index in [-0.39, 0.29) is 18.4 Å². The fourth-order valence-electron chi connectivity index (χ4n) is 3.87. The number of hydrogen-bond donors (Lipinski definition) is 3. The van der Waals surface area contributed by atoms with Gasteiger partial charge in [0.2, 0.25) is 0 Å². The number of aromatic nitrogens is 1. The Balaban J connectivity index is 1.14. The number of hydrogen-bond acceptors (Lipinski definition) is 7. The van der Waals surface area contributed by atoms with Crippen molar-refractivity contribution < 1.29 is 14.3 Å². The SMILES string of the molecule is Cc1ccc(NC(=O)COc2ccccc2/C=N\NC(=O)c2ccc(-c3csc(Nc4ccc(Cl)cc4)n3)cc2)cc1Cl. The number of ether oxygens (including phenoxy) is 1. The van der Waals surface area contributed by atoms with Crippen LogP contribution in [0.25, 0.3) is 11.3 Å². The molecule has 0 aliphatic rings. The van der Waals surface area contributed by atoms with Crippen molar-refractivity contribution in [1.82, 2.24) is 10.4 Å². The smallest absolute Gasteiger partial charge is 0.271 e. The molecule has 3 N–H and O–H groups in total. The first kappa shape index (κ1) is 29.8. The van der Waals surface area contributed by atoms with Gasteiger partial charge in [0.25, 0.3) is 11.8 Å². The summed E-state index contributed by atoms with van der Waals surface area (Å²) in [6.45, 7) is 1.67. The highest BCUT2D eigenvalue weighted by atomic mass is 35.5. The van der Waals surface area contributed by atoms with E-state index in [1.807, 2.05) is 54.8 Å². The van der Waals surface area contributed by atoms with Crippen molar-refractivity contribution in [3.8, 4) is 17.0 Å². The van der Waals surface area contributed by atoms with Crippen molar-refractivity contribution in [1.29, 1.82) is 0 Å². The van der Waals surface area contributed by atoms with E-state index < -0.39 is 0 Å². The number of nitrogens with zero attached hydrogens (tertiary/aromatic N) is 2. The van der Waals surface area contributed by atoms with Crippen LogP contribution in [0.1, 0.15) is 21.5 Å². The van der Waals surface area contributed by atoms with Gasteiger partial charge in [-0.25, -0.2) is 10.4 Å². The molecule has 0 spiro atoms. The predicted molar refractivity (Wildman–Crippen MR) is 174 cm³/mol. The van der Waals surface area contributed by atoms with Gasteiger partial charge in [-0.05, 0) is 73.2 Å². The van der Waals surface area contributed by atoms with Crippen LogP contribution < -0.4 is 20.8 Å². The first-order valence-corrected chi connectivity index (χ1v) is 14.7. The summed E-state index contributed by atoms with van der Waals surface area (Å²) in [6, 6.07) is 26.8. The fourth-order valence-corrected chi connectivity index (χ4v) is 4.91. The zero-order chi connectivity index (χ0) is 30.2. The summed E-state index contributed by atoms with van der Waals surface area (Å²) in [6.07, 6.45) is 1.46. The molecule has 1 heterocycles. The molecule has 0 aliphatic carbocycles. The van der Waals surface area contributed by atoms with Crippen LogP contribution in [0.15, 0.2) is 101 Å². The number of anilines is 3. The lowest BCUT2D eigenvalue weighted by Gasteiger charge is -2.10. The molecule has 8 nitrogen and oxygen atoms in total. The van der Waals surface area contributed by atoms with Crippen LogP contribution in [0.2, 0.25) is 10.0 Å². The van der Waals surface area contributed by atoms with Gasteiger partial charge in [0, 0.05) is 43.5 Å². The molecule has 5 aromatic rings. The normalized spacial score (nSPS) is 10.9. The second-order valence-electron chi connectivity index (χ2n) is 9.28. The maximum Gasteiger partial charge on any atom is 0.271 e. The highest BCUT2D eigenvalue weighted by Gasteiger charge is 2.10. The first-order valence-electron chi connectivity index (χ1n) is 13.0. The van der Waals surface area contributed by atoms with Gasteiger partial charge in [0.15, 0.2) is 11.7 Å². The molecule has 0 bridgehead atoms. The van der Waals surface area contributed by atoms with Crippen molar-refractivity contribution >= 4 is 69.1 Å². The lowest BCUT2D eigenvalue weighted by Crippen LogP contribution is -2.20. The monoisotopic (exact) mass is 629 g/mol. The second kappa shape index (κ2) is 14.0. The molecule has 0 saturated heterocycles. The molecule has 0 fully saturated rings. The molecule has 43 heavy (non-hydrogen) atoms. The van der Waals surface area contributed by atoms with Crippen LogP contribution in [0.3, 0.4) is 0 Å². The molecule has 5 rings (SSSR count). The third-order valence-corrected chi connectivity index (χ3v) is 7.56. The van der Waals surface area contributed by atoms with Gasteiger partial charge in [-0.1, -0.05) is 53.5 Å². The molecule has 2 amide bonds. The Morgan fingerprint density at radius 2 is 1.70 bits per heavy atom. The van der Waals surface area contributed by atoms with Crippen LogP contribution in [0.4, 0.5) is 16.5 Å². The van der Waals surface area contributed by atoms with E-state index in [0.29, 0.717) is 32.6 Å². The number of halogens is 2. The largest absolute Gasteiger partial charge is 0.483 e. The van der Waals surface area contributed by atoms with Crippen LogP contribution in [0.5, 0.6) is 5.75 Å². The minimum atomic E-state index is -0.374. The van der Waals surface area contributed by atoms with Crippen LogP contribution in [-0.4, -0.2) is 29.6 Å². The Kier molecular flexibility index (Phi) is 9.68. The average Bonchev–Trinajstić information content (AvgIpc) is 3.48. The van der Waals surface area contributed by atoms with Crippen molar-refractivity contribution in [2.75, 3.05) is 17.2 Å². The van der Waals surface area contributed by atoms with E-state index in [2.05, 4.69) is 26.1 Å². The van der Waals surface area contributed by atoms with Gasteiger partial charge in [-0.15, -0.1) is 11.3 Å². The summed E-state index contributed by atoms with van der Waals surface area (Å²) in [5.41, 5.74) is 7.61. The molecule has 0 saturated carbocycles. The van der Waals surface area contributed by atoms with Crippen molar-refractivity contribution in [3.05, 3.63) is 123 Å². The molecule has 11 heteroatoms. The molecule has 4 aromatic carbocycles. The summed E-state index contributed by atoms with van der Waals surface area (Å²) in [5.74, 6) is -0.272. The van der Waals surface area contributed by atoms with E-state index in [1.165, 1.54) is 17.6 Å². The van der Waals surface area contributed by atoms with E-state index in [0.717, 1.165) is 27.6 Å². The van der Waals surface area contributed by atoms with Crippen molar-refractivity contribution in [2.24, 2.45) is 5.10 Å². The third kappa shape index (κ3) is 8.20. The standard InChI is InChI=1S/C32H25Cl2N5O3S/c1-20-6-13-26(16-27(20)34)36-30(40)18-42-29-5-3-2-4-23(29)17-35-39-31(41)22-9-7-21(8-10-22)28-19-43-32(38-28)37-25-14-11-24(33)12-15-25/h2-17,19H,18H2,1H3,(H,36,40)(H,37,38)(H,39,41)/b35-17-. The van der Waals surface area contributed by atoms with E-state index in [9.17, 15) is 9.59 Å². The lowest BCUT2D eigenvalue weighted by atomic mass is 10.1. The fraction of sp³-hybridized carbons (Fsp3) is 0.0625. The third-order valence-electron chi connectivity index (χ3n) is 6.15. The summed E-state index contributed by atoms with van der Waals surface area (Å²) in [5, 5.41) is 14.0. The second-order valence-corrected chi connectivity index (χ2v) is 11.0. The molecule has 1 aromatic heterocycles. The molecule has 0 atom stereocenters. The number of carbonyl (C=O) groups excluding carboxylic acids is 2. The topological polar surface area (TPSA) is 105 Å². The summed E-state index contributed by atoms with van der Waals surface area (Å²) >= 11 is 13.6. The number of hydrazone groups is 1. The number of amides is 2. The van der Waals surface area contributed by atoms with Crippen LogP contribution in [0, 0.1) is 6.92 Å². The van der Waals surface area contributed by atoms with Crippen molar-refractivity contribution in [3.63, 3.8) is 0 Å². The molecule has 0 radical (unpaired) electrons. The number of thiazole rings is 1. The minimum absolute atomic E-state index is 0.216. The Labute approximate surface area is 262 Å². The van der Waals surface area contributed by atoms with Crippen molar-refractivity contribution in [2.45, 2.75) is 6.92 Å². The maximum atomic E-state index is 12.7. The lowest BCUT2D eigenvalue weighted by molar-refractivity contribution is -0.118. The van der Waals surface area contributed by atoms with Crippen LogP contribution >= 0.6 is 34.5 Å². The van der Waals surface area contributed by atoms with Gasteiger partial charge in [-0.3, -0.25) is 9.59 Å². The summed E-state index contributed by atoms with van der Waals surface area (Å²) in [7, 11) is 0.